The summed E-state index contributed by atoms with van der Waals surface area (Å²) >= 11 is 0. The largest absolute Gasteiger partial charge is 0.463 e. The van der Waals surface area contributed by atoms with E-state index in [9.17, 15) is 9.59 Å². The number of carbonyl (C=O) groups excluding carboxylic acids is 2. The first-order valence-electron chi connectivity index (χ1n) is 8.01. The van der Waals surface area contributed by atoms with E-state index in [2.05, 4.69) is 9.64 Å². The van der Waals surface area contributed by atoms with Crippen molar-refractivity contribution in [2.75, 3.05) is 38.3 Å². The molecule has 2 heterocycles. The molecule has 25 heavy (non-hydrogen) atoms. The van der Waals surface area contributed by atoms with Crippen molar-refractivity contribution in [3.8, 4) is 0 Å². The summed E-state index contributed by atoms with van der Waals surface area (Å²) in [5, 5.41) is 0. The minimum absolute atomic E-state index is 0.101. The summed E-state index contributed by atoms with van der Waals surface area (Å²) in [6.07, 6.45) is 2.95. The summed E-state index contributed by atoms with van der Waals surface area (Å²) in [4.78, 5) is 25.8. The summed E-state index contributed by atoms with van der Waals surface area (Å²) in [7, 11) is 1.28. The van der Waals surface area contributed by atoms with Gasteiger partial charge in [0, 0.05) is 24.3 Å². The Bertz CT molecular complexity index is 769. The van der Waals surface area contributed by atoms with Gasteiger partial charge >= 0.3 is 5.97 Å². The van der Waals surface area contributed by atoms with Crippen LogP contribution in [0.2, 0.25) is 0 Å². The fourth-order valence-corrected chi connectivity index (χ4v) is 2.56. The molecule has 1 aromatic carbocycles. The van der Waals surface area contributed by atoms with Crippen LogP contribution in [-0.4, -0.2) is 45.2 Å². The van der Waals surface area contributed by atoms with Gasteiger partial charge in [-0.25, -0.2) is 4.79 Å². The predicted molar refractivity (Wildman–Crippen MR) is 92.9 cm³/mol. The Balaban J connectivity index is 1.64. The lowest BCUT2D eigenvalue weighted by atomic mass is 10.1. The molecule has 6 nitrogen and oxygen atoms in total. The maximum Gasteiger partial charge on any atom is 0.373 e. The zero-order valence-electron chi connectivity index (χ0n) is 13.9. The number of benzene rings is 1. The van der Waals surface area contributed by atoms with E-state index in [-0.39, 0.29) is 11.5 Å². The Morgan fingerprint density at radius 3 is 2.48 bits per heavy atom. The maximum atomic E-state index is 12.2. The van der Waals surface area contributed by atoms with Gasteiger partial charge in [0.15, 0.2) is 5.78 Å². The SMILES string of the molecule is COC(=O)c1ccc(C=CC(=O)c2ccc(N3CCOCC3)cc2)o1. The molecule has 0 spiro atoms. The van der Waals surface area contributed by atoms with E-state index in [0.717, 1.165) is 32.0 Å². The average molecular weight is 341 g/mol. The Labute approximate surface area is 145 Å². The zero-order chi connectivity index (χ0) is 17.6. The summed E-state index contributed by atoms with van der Waals surface area (Å²) in [6.45, 7) is 3.16. The van der Waals surface area contributed by atoms with E-state index in [0.29, 0.717) is 11.3 Å². The highest BCUT2D eigenvalue weighted by Crippen LogP contribution is 2.17. The van der Waals surface area contributed by atoms with Crippen molar-refractivity contribution in [1.82, 2.24) is 0 Å². The molecule has 130 valence electrons. The highest BCUT2D eigenvalue weighted by atomic mass is 16.5. The van der Waals surface area contributed by atoms with Crippen LogP contribution >= 0.6 is 0 Å². The highest BCUT2D eigenvalue weighted by molar-refractivity contribution is 6.06. The van der Waals surface area contributed by atoms with Crippen LogP contribution in [0.25, 0.3) is 6.08 Å². The standard InChI is InChI=1S/C19H19NO5/c1-23-19(22)18-9-7-16(25-18)6-8-17(21)14-2-4-15(5-3-14)20-10-12-24-13-11-20/h2-9H,10-13H2,1H3. The second-order valence-corrected chi connectivity index (χ2v) is 5.54. The topological polar surface area (TPSA) is 69.0 Å². The van der Waals surface area contributed by atoms with Crippen molar-refractivity contribution in [1.29, 1.82) is 0 Å². The Morgan fingerprint density at radius 1 is 1.08 bits per heavy atom. The number of anilines is 1. The number of carbonyl (C=O) groups is 2. The molecule has 1 aliphatic rings. The first-order chi connectivity index (χ1) is 12.2. The predicted octanol–water partition coefficient (Wildman–Crippen LogP) is 2.80. The number of allylic oxidation sites excluding steroid dienone is 1. The van der Waals surface area contributed by atoms with Crippen molar-refractivity contribution in [3.63, 3.8) is 0 Å². The van der Waals surface area contributed by atoms with Gasteiger partial charge in [0.1, 0.15) is 5.76 Å². The van der Waals surface area contributed by atoms with Crippen LogP contribution in [0.1, 0.15) is 26.7 Å². The first-order valence-corrected chi connectivity index (χ1v) is 8.01. The number of hydrogen-bond acceptors (Lipinski definition) is 6. The smallest absolute Gasteiger partial charge is 0.373 e. The number of rotatable bonds is 5. The molecule has 6 heteroatoms. The molecule has 3 rings (SSSR count). The molecule has 0 atom stereocenters. The van der Waals surface area contributed by atoms with Crippen LogP contribution < -0.4 is 4.90 Å². The lowest BCUT2D eigenvalue weighted by Crippen LogP contribution is -2.36. The number of ketones is 1. The summed E-state index contributed by atoms with van der Waals surface area (Å²) in [5.74, 6) is -0.169. The normalized spacial score (nSPS) is 14.7. The van der Waals surface area contributed by atoms with Gasteiger partial charge in [0.05, 0.1) is 20.3 Å². The third kappa shape index (κ3) is 4.16. The Morgan fingerprint density at radius 2 is 1.80 bits per heavy atom. The fraction of sp³-hybridized carbons (Fsp3) is 0.263. The van der Waals surface area contributed by atoms with Crippen LogP contribution in [0.5, 0.6) is 0 Å². The molecular weight excluding hydrogens is 322 g/mol. The van der Waals surface area contributed by atoms with Crippen LogP contribution in [0.4, 0.5) is 5.69 Å². The molecular formula is C19H19NO5. The molecule has 0 N–H and O–H groups in total. The summed E-state index contributed by atoms with van der Waals surface area (Å²) < 4.78 is 15.2. The third-order valence-corrected chi connectivity index (χ3v) is 3.94. The maximum absolute atomic E-state index is 12.2. The second kappa shape index (κ2) is 7.81. The molecule has 1 aromatic heterocycles. The molecule has 0 aliphatic carbocycles. The first kappa shape index (κ1) is 17.0. The van der Waals surface area contributed by atoms with E-state index in [1.807, 2.05) is 12.1 Å². The van der Waals surface area contributed by atoms with Crippen molar-refractivity contribution in [2.24, 2.45) is 0 Å². The quantitative estimate of drug-likeness (QED) is 0.473. The van der Waals surface area contributed by atoms with Gasteiger partial charge < -0.3 is 18.8 Å². The summed E-state index contributed by atoms with van der Waals surface area (Å²) in [5.41, 5.74) is 1.67. The minimum atomic E-state index is -0.551. The van der Waals surface area contributed by atoms with Gasteiger partial charge in [0.2, 0.25) is 5.76 Å². The third-order valence-electron chi connectivity index (χ3n) is 3.94. The molecule has 0 amide bonds. The molecule has 2 aromatic rings. The summed E-state index contributed by atoms with van der Waals surface area (Å²) in [6, 6.07) is 10.6. The Hall–Kier alpha value is -2.86. The number of morpholine rings is 1. The second-order valence-electron chi connectivity index (χ2n) is 5.54. The lowest BCUT2D eigenvalue weighted by Gasteiger charge is -2.28. The van der Waals surface area contributed by atoms with Gasteiger partial charge in [-0.2, -0.15) is 0 Å². The van der Waals surface area contributed by atoms with E-state index >= 15 is 0 Å². The van der Waals surface area contributed by atoms with Crippen LogP contribution in [0, 0.1) is 0 Å². The molecule has 0 saturated carbocycles. The monoisotopic (exact) mass is 341 g/mol. The van der Waals surface area contributed by atoms with Gasteiger partial charge in [-0.15, -0.1) is 0 Å². The average Bonchev–Trinajstić information content (AvgIpc) is 3.15. The van der Waals surface area contributed by atoms with Crippen molar-refractivity contribution >= 4 is 23.5 Å². The molecule has 0 unspecified atom stereocenters. The number of furan rings is 1. The molecule has 1 fully saturated rings. The van der Waals surface area contributed by atoms with Gasteiger partial charge in [0.25, 0.3) is 0 Å². The van der Waals surface area contributed by atoms with Gasteiger partial charge in [-0.05, 0) is 48.6 Å². The molecule has 1 saturated heterocycles. The fourth-order valence-electron chi connectivity index (χ4n) is 2.56. The van der Waals surface area contributed by atoms with Crippen LogP contribution in [-0.2, 0) is 9.47 Å². The zero-order valence-corrected chi connectivity index (χ0v) is 13.9. The van der Waals surface area contributed by atoms with Gasteiger partial charge in [-0.1, -0.05) is 0 Å². The number of hydrogen-bond donors (Lipinski definition) is 0. The van der Waals surface area contributed by atoms with E-state index in [4.69, 9.17) is 9.15 Å². The lowest BCUT2D eigenvalue weighted by molar-refractivity contribution is 0.0564. The highest BCUT2D eigenvalue weighted by Gasteiger charge is 2.12. The van der Waals surface area contributed by atoms with Crippen molar-refractivity contribution in [3.05, 3.63) is 59.6 Å². The van der Waals surface area contributed by atoms with E-state index in [1.165, 1.54) is 25.3 Å². The number of esters is 1. The number of methoxy groups -OCH3 is 1. The van der Waals surface area contributed by atoms with Crippen molar-refractivity contribution < 1.29 is 23.5 Å². The van der Waals surface area contributed by atoms with Crippen LogP contribution in [0.15, 0.2) is 46.9 Å². The molecule has 1 aliphatic heterocycles. The van der Waals surface area contributed by atoms with Gasteiger partial charge in [-0.3, -0.25) is 4.79 Å². The number of ether oxygens (including phenoxy) is 2. The van der Waals surface area contributed by atoms with Crippen molar-refractivity contribution in [2.45, 2.75) is 0 Å². The Kier molecular flexibility index (Phi) is 5.30. The molecule has 0 bridgehead atoms. The minimum Gasteiger partial charge on any atom is -0.463 e. The van der Waals surface area contributed by atoms with Crippen LogP contribution in [0.3, 0.4) is 0 Å². The molecule has 0 radical (unpaired) electrons. The van der Waals surface area contributed by atoms with E-state index in [1.54, 1.807) is 18.2 Å². The van der Waals surface area contributed by atoms with E-state index < -0.39 is 5.97 Å². The number of nitrogens with zero attached hydrogens (tertiary/aromatic N) is 1.